The first-order valence-corrected chi connectivity index (χ1v) is 11.1. The normalized spacial score (nSPS) is 16.7. The summed E-state index contributed by atoms with van der Waals surface area (Å²) in [4.78, 5) is 20.6. The zero-order chi connectivity index (χ0) is 22.9. The van der Waals surface area contributed by atoms with Gasteiger partial charge in [-0.05, 0) is 48.8 Å². The smallest absolute Gasteiger partial charge is 0.410 e. The second-order valence-corrected chi connectivity index (χ2v) is 9.78. The lowest BCUT2D eigenvalue weighted by Gasteiger charge is -2.42. The molecule has 0 aliphatic carbocycles. The summed E-state index contributed by atoms with van der Waals surface area (Å²) in [5.74, 6) is 0. The Balaban J connectivity index is 2.04. The fourth-order valence-electron chi connectivity index (χ4n) is 3.54. The summed E-state index contributed by atoms with van der Waals surface area (Å²) in [5.41, 5.74) is 0.771. The number of hydrogen-bond donors (Lipinski definition) is 0. The number of rotatable bonds is 2. The summed E-state index contributed by atoms with van der Waals surface area (Å²) in [6, 6.07) is 7.36. The summed E-state index contributed by atoms with van der Waals surface area (Å²) < 4.78 is 6.18. The number of fused-ring (bicyclic) bond motifs is 1. The van der Waals surface area contributed by atoms with E-state index < -0.39 is 17.7 Å². The van der Waals surface area contributed by atoms with E-state index in [0.29, 0.717) is 45.7 Å². The van der Waals surface area contributed by atoms with Gasteiger partial charge < -0.3 is 14.5 Å². The molecule has 1 aliphatic rings. The van der Waals surface area contributed by atoms with Crippen LogP contribution in [0.2, 0.25) is 10.2 Å². The standard InChI is InChI=1S/C21H20BrCl2N5O2/c1-21(2,3)31-20(30)29-7-6-28(11-12(29)4-5-25)18-13-8-16(23)15(22)9-17(13)27-19(24)14(18)10-26/h8-9,12H,4,6-7,11H2,1-3H3. The fraction of sp³-hybridized carbons (Fsp3) is 0.429. The van der Waals surface area contributed by atoms with Crippen molar-refractivity contribution in [2.24, 2.45) is 0 Å². The molecule has 1 aromatic carbocycles. The van der Waals surface area contributed by atoms with Gasteiger partial charge in [0.05, 0.1) is 34.8 Å². The molecule has 1 aromatic heterocycles. The number of nitrogens with zero attached hydrogens (tertiary/aromatic N) is 5. The van der Waals surface area contributed by atoms with Gasteiger partial charge >= 0.3 is 6.09 Å². The molecule has 7 nitrogen and oxygen atoms in total. The first-order valence-electron chi connectivity index (χ1n) is 9.55. The van der Waals surface area contributed by atoms with Gasteiger partial charge in [-0.15, -0.1) is 0 Å². The monoisotopic (exact) mass is 523 g/mol. The maximum Gasteiger partial charge on any atom is 0.410 e. The minimum absolute atomic E-state index is 0.0885. The first kappa shape index (κ1) is 23.4. The highest BCUT2D eigenvalue weighted by Gasteiger charge is 2.35. The molecule has 10 heteroatoms. The highest BCUT2D eigenvalue weighted by Crippen LogP contribution is 2.38. The third-order valence-electron chi connectivity index (χ3n) is 4.82. The predicted molar refractivity (Wildman–Crippen MR) is 123 cm³/mol. The van der Waals surface area contributed by atoms with E-state index in [2.05, 4.69) is 33.1 Å². The molecular weight excluding hydrogens is 505 g/mol. The van der Waals surface area contributed by atoms with Crippen LogP contribution in [0.4, 0.5) is 10.5 Å². The summed E-state index contributed by atoms with van der Waals surface area (Å²) >= 11 is 16.0. The Morgan fingerprint density at radius 1 is 1.32 bits per heavy atom. The molecule has 1 saturated heterocycles. The van der Waals surface area contributed by atoms with Crippen molar-refractivity contribution in [1.82, 2.24) is 9.88 Å². The number of nitriles is 2. The average molecular weight is 525 g/mol. The van der Waals surface area contributed by atoms with Crippen LogP contribution in [-0.4, -0.2) is 47.3 Å². The largest absolute Gasteiger partial charge is 0.444 e. The van der Waals surface area contributed by atoms with Crippen molar-refractivity contribution in [3.8, 4) is 12.1 Å². The second-order valence-electron chi connectivity index (χ2n) is 8.16. The Hall–Kier alpha value is -2.26. The SMILES string of the molecule is CC(C)(C)OC(=O)N1CCN(c2c(C#N)c(Cl)nc3cc(Br)c(Cl)cc23)CC1CC#N. The van der Waals surface area contributed by atoms with Gasteiger partial charge in [0.1, 0.15) is 22.4 Å². The van der Waals surface area contributed by atoms with Crippen LogP contribution in [0.25, 0.3) is 10.9 Å². The molecule has 162 valence electrons. The van der Waals surface area contributed by atoms with Crippen LogP contribution in [-0.2, 0) is 4.74 Å². The van der Waals surface area contributed by atoms with Gasteiger partial charge in [0.15, 0.2) is 0 Å². The van der Waals surface area contributed by atoms with Crippen molar-refractivity contribution in [3.63, 3.8) is 0 Å². The molecule has 1 atom stereocenters. The van der Waals surface area contributed by atoms with Crippen molar-refractivity contribution in [2.75, 3.05) is 24.5 Å². The van der Waals surface area contributed by atoms with E-state index >= 15 is 0 Å². The molecule has 1 fully saturated rings. The Bertz CT molecular complexity index is 1120. The molecule has 0 spiro atoms. The lowest BCUT2D eigenvalue weighted by atomic mass is 10.0. The van der Waals surface area contributed by atoms with Gasteiger partial charge in [0.25, 0.3) is 0 Å². The molecule has 1 unspecified atom stereocenters. The number of benzene rings is 1. The van der Waals surface area contributed by atoms with Crippen LogP contribution >= 0.6 is 39.1 Å². The number of aromatic nitrogens is 1. The Morgan fingerprint density at radius 3 is 2.65 bits per heavy atom. The number of piperazine rings is 1. The van der Waals surface area contributed by atoms with Gasteiger partial charge in [0.2, 0.25) is 0 Å². The summed E-state index contributed by atoms with van der Waals surface area (Å²) in [7, 11) is 0. The molecule has 0 saturated carbocycles. The minimum Gasteiger partial charge on any atom is -0.444 e. The first-order chi connectivity index (χ1) is 14.6. The maximum absolute atomic E-state index is 12.7. The average Bonchev–Trinajstić information content (AvgIpc) is 2.67. The van der Waals surface area contributed by atoms with E-state index in [-0.39, 0.29) is 17.1 Å². The molecule has 1 amide bonds. The summed E-state index contributed by atoms with van der Waals surface area (Å²) in [6.07, 6.45) is -0.335. The van der Waals surface area contributed by atoms with E-state index in [0.717, 1.165) is 0 Å². The van der Waals surface area contributed by atoms with E-state index in [4.69, 9.17) is 27.9 Å². The molecular formula is C21H20BrCl2N5O2. The molecule has 0 radical (unpaired) electrons. The maximum atomic E-state index is 12.7. The zero-order valence-corrected chi connectivity index (χ0v) is 20.3. The summed E-state index contributed by atoms with van der Waals surface area (Å²) in [6.45, 7) is 6.49. The highest BCUT2D eigenvalue weighted by atomic mass is 79.9. The van der Waals surface area contributed by atoms with Crippen LogP contribution in [0.15, 0.2) is 16.6 Å². The van der Waals surface area contributed by atoms with Gasteiger partial charge in [-0.25, -0.2) is 9.78 Å². The van der Waals surface area contributed by atoms with Gasteiger partial charge in [-0.3, -0.25) is 0 Å². The molecule has 3 rings (SSSR count). The predicted octanol–water partition coefficient (Wildman–Crippen LogP) is 5.52. The Kier molecular flexibility index (Phi) is 6.85. The minimum atomic E-state index is -0.641. The van der Waals surface area contributed by atoms with Gasteiger partial charge in [-0.1, -0.05) is 23.2 Å². The number of carbonyl (C=O) groups excluding carboxylic acids is 1. The van der Waals surface area contributed by atoms with Crippen molar-refractivity contribution in [3.05, 3.63) is 32.3 Å². The van der Waals surface area contributed by atoms with E-state index in [1.54, 1.807) is 37.8 Å². The third-order valence-corrected chi connectivity index (χ3v) is 6.29. The number of amides is 1. The zero-order valence-electron chi connectivity index (χ0n) is 17.2. The molecule has 0 N–H and O–H groups in total. The van der Waals surface area contributed by atoms with Crippen LogP contribution < -0.4 is 4.90 Å². The number of carbonyl (C=O) groups is 1. The van der Waals surface area contributed by atoms with E-state index in [9.17, 15) is 15.3 Å². The number of halogens is 3. The lowest BCUT2D eigenvalue weighted by Crippen LogP contribution is -2.56. The fourth-order valence-corrected chi connectivity index (χ4v) is 4.26. The molecule has 2 heterocycles. The summed E-state index contributed by atoms with van der Waals surface area (Å²) in [5, 5.41) is 20.3. The second kappa shape index (κ2) is 9.08. The number of hydrogen-bond acceptors (Lipinski definition) is 6. The van der Waals surface area contributed by atoms with E-state index in [1.165, 1.54) is 0 Å². The van der Waals surface area contributed by atoms with Crippen LogP contribution in [0.3, 0.4) is 0 Å². The topological polar surface area (TPSA) is 93.2 Å². The highest BCUT2D eigenvalue weighted by molar-refractivity contribution is 9.10. The van der Waals surface area contributed by atoms with E-state index in [1.807, 2.05) is 4.90 Å². The number of ether oxygens (including phenoxy) is 1. The Labute approximate surface area is 199 Å². The number of pyridine rings is 1. The van der Waals surface area contributed by atoms with Crippen LogP contribution in [0.1, 0.15) is 32.8 Å². The molecule has 1 aliphatic heterocycles. The van der Waals surface area contributed by atoms with Crippen molar-refractivity contribution >= 4 is 61.8 Å². The van der Waals surface area contributed by atoms with Crippen molar-refractivity contribution in [1.29, 1.82) is 10.5 Å². The molecule has 31 heavy (non-hydrogen) atoms. The van der Waals surface area contributed by atoms with Crippen molar-refractivity contribution in [2.45, 2.75) is 38.8 Å². The van der Waals surface area contributed by atoms with Crippen molar-refractivity contribution < 1.29 is 9.53 Å². The van der Waals surface area contributed by atoms with Crippen LogP contribution in [0, 0.1) is 22.7 Å². The van der Waals surface area contributed by atoms with Gasteiger partial charge in [-0.2, -0.15) is 10.5 Å². The quantitative estimate of drug-likeness (QED) is 0.480. The lowest BCUT2D eigenvalue weighted by molar-refractivity contribution is 0.0145. The van der Waals surface area contributed by atoms with Gasteiger partial charge in [0, 0.05) is 29.5 Å². The third kappa shape index (κ3) is 4.98. The Morgan fingerprint density at radius 2 is 2.03 bits per heavy atom. The molecule has 0 bridgehead atoms. The van der Waals surface area contributed by atoms with Crippen LogP contribution in [0.5, 0.6) is 0 Å². The molecule has 2 aromatic rings. The number of anilines is 1.